The minimum atomic E-state index is 0.000844. The molecule has 1 amide bonds. The normalized spacial score (nSPS) is 15.8. The summed E-state index contributed by atoms with van der Waals surface area (Å²) in [5.41, 5.74) is 1.18. The van der Waals surface area contributed by atoms with Crippen LogP contribution in [0.2, 0.25) is 0 Å². The summed E-state index contributed by atoms with van der Waals surface area (Å²) in [6, 6.07) is 4.54. The Bertz CT molecular complexity index is 618. The van der Waals surface area contributed by atoms with E-state index in [4.69, 9.17) is 0 Å². The van der Waals surface area contributed by atoms with Gasteiger partial charge in [0.25, 0.3) is 0 Å². The van der Waals surface area contributed by atoms with Gasteiger partial charge in [0, 0.05) is 46.0 Å². The van der Waals surface area contributed by atoms with E-state index in [1.165, 1.54) is 5.56 Å². The first-order valence-electron chi connectivity index (χ1n) is 9.77. The molecule has 1 aromatic heterocycles. The summed E-state index contributed by atoms with van der Waals surface area (Å²) in [7, 11) is 3.50. The van der Waals surface area contributed by atoms with Gasteiger partial charge in [-0.3, -0.25) is 4.79 Å². The number of hydrogen-bond acceptors (Lipinski definition) is 4. The van der Waals surface area contributed by atoms with Crippen LogP contribution in [0.1, 0.15) is 32.3 Å². The molecule has 0 aromatic carbocycles. The van der Waals surface area contributed by atoms with E-state index in [1.807, 2.05) is 6.20 Å². The number of aliphatic imine (C=N–C) groups is 1. The van der Waals surface area contributed by atoms with Crippen LogP contribution in [0.4, 0.5) is 5.82 Å². The van der Waals surface area contributed by atoms with Crippen molar-refractivity contribution in [3.63, 3.8) is 0 Å². The van der Waals surface area contributed by atoms with Crippen molar-refractivity contribution in [2.45, 2.75) is 39.7 Å². The third-order valence-electron chi connectivity index (χ3n) is 4.60. The molecule has 1 aliphatic heterocycles. The molecule has 1 aromatic rings. The van der Waals surface area contributed by atoms with E-state index in [-0.39, 0.29) is 12.5 Å². The summed E-state index contributed by atoms with van der Waals surface area (Å²) < 4.78 is 0. The first-order chi connectivity index (χ1) is 12.8. The molecule has 150 valence electrons. The van der Waals surface area contributed by atoms with Crippen LogP contribution in [0.15, 0.2) is 23.3 Å². The summed E-state index contributed by atoms with van der Waals surface area (Å²) in [5.74, 6) is 2.28. The van der Waals surface area contributed by atoms with Crippen molar-refractivity contribution in [3.05, 3.63) is 23.9 Å². The highest BCUT2D eigenvalue weighted by Gasteiger charge is 2.21. The van der Waals surface area contributed by atoms with Crippen LogP contribution in [0.5, 0.6) is 0 Å². The number of carbonyl (C=O) groups excluding carboxylic acids is 1. The molecule has 0 unspecified atom stereocenters. The number of nitrogens with one attached hydrogen (secondary N) is 2. The molecule has 0 aliphatic carbocycles. The van der Waals surface area contributed by atoms with Crippen molar-refractivity contribution in [2.24, 2.45) is 10.9 Å². The molecule has 1 saturated heterocycles. The van der Waals surface area contributed by atoms with E-state index in [0.717, 1.165) is 44.3 Å². The molecule has 1 fully saturated rings. The Morgan fingerprint density at radius 1 is 1.33 bits per heavy atom. The summed E-state index contributed by atoms with van der Waals surface area (Å²) in [4.78, 5) is 24.7. The minimum Gasteiger partial charge on any atom is -0.356 e. The largest absolute Gasteiger partial charge is 0.356 e. The van der Waals surface area contributed by atoms with Gasteiger partial charge in [-0.15, -0.1) is 0 Å². The highest BCUT2D eigenvalue weighted by Crippen LogP contribution is 2.18. The van der Waals surface area contributed by atoms with Crippen LogP contribution in [0.25, 0.3) is 0 Å². The summed E-state index contributed by atoms with van der Waals surface area (Å²) in [6.07, 6.45) is 3.95. The quantitative estimate of drug-likeness (QED) is 0.585. The predicted molar refractivity (Wildman–Crippen MR) is 111 cm³/mol. The molecule has 27 heavy (non-hydrogen) atoms. The predicted octanol–water partition coefficient (Wildman–Crippen LogP) is 1.64. The van der Waals surface area contributed by atoms with Gasteiger partial charge in [-0.05, 0) is 37.3 Å². The second-order valence-electron chi connectivity index (χ2n) is 7.83. The number of anilines is 1. The van der Waals surface area contributed by atoms with Crippen molar-refractivity contribution >= 4 is 17.7 Å². The van der Waals surface area contributed by atoms with Gasteiger partial charge in [0.2, 0.25) is 5.91 Å². The lowest BCUT2D eigenvalue weighted by Crippen LogP contribution is -2.49. The van der Waals surface area contributed by atoms with Crippen LogP contribution in [0, 0.1) is 12.8 Å². The van der Waals surface area contributed by atoms with Crippen LogP contribution in [-0.4, -0.2) is 68.1 Å². The van der Waals surface area contributed by atoms with Crippen LogP contribution >= 0.6 is 0 Å². The molecule has 2 heterocycles. The average molecular weight is 375 g/mol. The molecule has 0 atom stereocenters. The Labute approximate surface area is 163 Å². The van der Waals surface area contributed by atoms with Crippen molar-refractivity contribution < 1.29 is 4.79 Å². The van der Waals surface area contributed by atoms with Gasteiger partial charge in [0.15, 0.2) is 5.96 Å². The Hall–Kier alpha value is -2.31. The van der Waals surface area contributed by atoms with Crippen molar-refractivity contribution in [1.29, 1.82) is 0 Å². The minimum absolute atomic E-state index is 0.000844. The molecule has 0 spiro atoms. The summed E-state index contributed by atoms with van der Waals surface area (Å²) in [6.45, 7) is 9.27. The lowest BCUT2D eigenvalue weighted by Gasteiger charge is -2.34. The molecular formula is C20H34N6O. The number of carbonyl (C=O) groups is 1. The number of hydrogen-bond donors (Lipinski definition) is 2. The van der Waals surface area contributed by atoms with E-state index in [1.54, 1.807) is 19.0 Å². The maximum absolute atomic E-state index is 11.9. The number of pyridine rings is 1. The van der Waals surface area contributed by atoms with Crippen LogP contribution in [0.3, 0.4) is 0 Å². The fourth-order valence-corrected chi connectivity index (χ4v) is 2.83. The van der Waals surface area contributed by atoms with E-state index in [0.29, 0.717) is 12.0 Å². The van der Waals surface area contributed by atoms with Crippen LogP contribution in [-0.2, 0) is 4.79 Å². The number of guanidine groups is 1. The molecule has 7 nitrogen and oxygen atoms in total. The molecular weight excluding hydrogens is 340 g/mol. The van der Waals surface area contributed by atoms with Gasteiger partial charge in [0.05, 0.1) is 0 Å². The average Bonchev–Trinajstić information content (AvgIpc) is 2.64. The first kappa shape index (κ1) is 21.0. The maximum Gasteiger partial charge on any atom is 0.243 e. The molecule has 0 saturated carbocycles. The molecule has 1 aliphatic rings. The van der Waals surface area contributed by atoms with Crippen molar-refractivity contribution in [3.8, 4) is 0 Å². The molecule has 2 rings (SSSR count). The van der Waals surface area contributed by atoms with E-state index in [2.05, 4.69) is 58.4 Å². The second kappa shape index (κ2) is 10.1. The van der Waals surface area contributed by atoms with Gasteiger partial charge in [-0.2, -0.15) is 0 Å². The lowest BCUT2D eigenvalue weighted by atomic mass is 10.1. The zero-order valence-electron chi connectivity index (χ0n) is 17.3. The highest BCUT2D eigenvalue weighted by molar-refractivity contribution is 5.84. The third kappa shape index (κ3) is 7.07. The standard InChI is InChI=1S/C20H34N6O/c1-15(2)12-22-20(23-14-19(27)25(4)5)24-17-8-10-26(11-9-17)18-7-6-16(3)13-21-18/h6-7,13,15,17H,8-12,14H2,1-5H3,(H2,22,23,24). The fourth-order valence-electron chi connectivity index (χ4n) is 2.83. The van der Waals surface area contributed by atoms with Gasteiger partial charge in [0.1, 0.15) is 12.4 Å². The highest BCUT2D eigenvalue weighted by atomic mass is 16.2. The zero-order valence-corrected chi connectivity index (χ0v) is 17.3. The van der Waals surface area contributed by atoms with Gasteiger partial charge >= 0.3 is 0 Å². The van der Waals surface area contributed by atoms with Crippen molar-refractivity contribution in [1.82, 2.24) is 20.5 Å². The van der Waals surface area contributed by atoms with E-state index >= 15 is 0 Å². The number of aromatic nitrogens is 1. The molecule has 0 bridgehead atoms. The lowest BCUT2D eigenvalue weighted by molar-refractivity contribution is -0.127. The fraction of sp³-hybridized carbons (Fsp3) is 0.650. The van der Waals surface area contributed by atoms with Gasteiger partial charge in [-0.1, -0.05) is 19.9 Å². The Morgan fingerprint density at radius 2 is 2.04 bits per heavy atom. The Balaban J connectivity index is 1.90. The van der Waals surface area contributed by atoms with E-state index < -0.39 is 0 Å². The number of nitrogens with zero attached hydrogens (tertiary/aromatic N) is 4. The SMILES string of the molecule is Cc1ccc(N2CCC(NC(=NCC(=O)N(C)C)NCC(C)C)CC2)nc1. The topological polar surface area (TPSA) is 72.9 Å². The number of aryl methyl sites for hydroxylation is 1. The zero-order chi connectivity index (χ0) is 19.8. The van der Waals surface area contributed by atoms with Gasteiger partial charge < -0.3 is 20.4 Å². The molecule has 0 radical (unpaired) electrons. The number of rotatable bonds is 6. The second-order valence-corrected chi connectivity index (χ2v) is 7.83. The molecule has 2 N–H and O–H groups in total. The third-order valence-corrected chi connectivity index (χ3v) is 4.60. The monoisotopic (exact) mass is 374 g/mol. The van der Waals surface area contributed by atoms with Gasteiger partial charge in [-0.25, -0.2) is 9.98 Å². The number of likely N-dealkylation sites (N-methyl/N-ethyl adjacent to an activating group) is 1. The first-order valence-corrected chi connectivity index (χ1v) is 9.77. The Morgan fingerprint density at radius 3 is 2.59 bits per heavy atom. The summed E-state index contributed by atoms with van der Waals surface area (Å²) in [5, 5.41) is 6.86. The van der Waals surface area contributed by atoms with Crippen molar-refractivity contribution in [2.75, 3.05) is 45.2 Å². The Kier molecular flexibility index (Phi) is 7.88. The molecule has 7 heteroatoms. The number of amides is 1. The maximum atomic E-state index is 11.9. The van der Waals surface area contributed by atoms with Crippen LogP contribution < -0.4 is 15.5 Å². The smallest absolute Gasteiger partial charge is 0.243 e. The number of piperidine rings is 1. The van der Waals surface area contributed by atoms with E-state index in [9.17, 15) is 4.79 Å². The summed E-state index contributed by atoms with van der Waals surface area (Å²) >= 11 is 0.